The number of hydrogen-bond donors (Lipinski definition) is 1. The molecule has 0 aliphatic carbocycles. The zero-order valence-electron chi connectivity index (χ0n) is 17.4. The van der Waals surface area contributed by atoms with Crippen LogP contribution in [0.2, 0.25) is 0 Å². The van der Waals surface area contributed by atoms with Crippen LogP contribution in [0.1, 0.15) is 18.1 Å². The summed E-state index contributed by atoms with van der Waals surface area (Å²) in [6, 6.07) is 23.9. The first kappa shape index (κ1) is 21.2. The second kappa shape index (κ2) is 8.57. The summed E-state index contributed by atoms with van der Waals surface area (Å²) in [5, 5.41) is 3.26. The van der Waals surface area contributed by atoms with Crippen LogP contribution < -0.4 is 9.47 Å². The van der Waals surface area contributed by atoms with Gasteiger partial charge >= 0.3 is 0 Å². The second-order valence-corrected chi connectivity index (χ2v) is 9.38. The van der Waals surface area contributed by atoms with Gasteiger partial charge in [0.05, 0.1) is 7.11 Å². The van der Waals surface area contributed by atoms with Crippen LogP contribution in [0.25, 0.3) is 21.5 Å². The maximum Gasteiger partial charge on any atom is 0.270 e. The third-order valence-electron chi connectivity index (χ3n) is 5.55. The van der Waals surface area contributed by atoms with E-state index in [1.54, 1.807) is 7.11 Å². The van der Waals surface area contributed by atoms with Crippen molar-refractivity contribution in [2.24, 2.45) is 0 Å². The van der Waals surface area contributed by atoms with Crippen LogP contribution in [0.3, 0.4) is 0 Å². The highest BCUT2D eigenvalue weighted by Gasteiger charge is 2.20. The molecule has 0 heterocycles. The molecular weight excluding hydrogens is 412 g/mol. The fourth-order valence-electron chi connectivity index (χ4n) is 3.79. The standard InChI is InChI=1S/C25H24O5S/c1-17(31(26,27)28)16-30-25-14-12-19-8-4-6-10-21(19)23(25)15-22-20-9-5-3-7-18(20)11-13-24(22)29-2/h3-14,17H,15-16H2,1-2H3,(H,26,27,28). The minimum atomic E-state index is -4.17. The van der Waals surface area contributed by atoms with Gasteiger partial charge in [0.1, 0.15) is 23.4 Å². The van der Waals surface area contributed by atoms with Gasteiger partial charge in [0, 0.05) is 17.5 Å². The number of ether oxygens (including phenoxy) is 2. The Morgan fingerprint density at radius 1 is 0.806 bits per heavy atom. The highest BCUT2D eigenvalue weighted by molar-refractivity contribution is 7.86. The monoisotopic (exact) mass is 436 g/mol. The molecule has 160 valence electrons. The van der Waals surface area contributed by atoms with Crippen molar-refractivity contribution < 1.29 is 22.4 Å². The summed E-state index contributed by atoms with van der Waals surface area (Å²) in [5.74, 6) is 1.37. The number of methoxy groups -OCH3 is 1. The van der Waals surface area contributed by atoms with Gasteiger partial charge in [0.2, 0.25) is 0 Å². The number of benzene rings is 4. The van der Waals surface area contributed by atoms with Gasteiger partial charge in [-0.25, -0.2) is 0 Å². The van der Waals surface area contributed by atoms with E-state index in [2.05, 4.69) is 12.1 Å². The summed E-state index contributed by atoms with van der Waals surface area (Å²) in [4.78, 5) is 0. The Balaban J connectivity index is 1.84. The van der Waals surface area contributed by atoms with Crippen molar-refractivity contribution in [1.29, 1.82) is 0 Å². The lowest BCUT2D eigenvalue weighted by molar-refractivity contribution is 0.308. The first-order valence-corrected chi connectivity index (χ1v) is 11.5. The zero-order valence-corrected chi connectivity index (χ0v) is 18.2. The smallest absolute Gasteiger partial charge is 0.270 e. The van der Waals surface area contributed by atoms with Crippen molar-refractivity contribution in [3.63, 3.8) is 0 Å². The number of rotatable bonds is 7. The predicted octanol–water partition coefficient (Wildman–Crippen LogP) is 5.25. The Bertz CT molecular complexity index is 1340. The summed E-state index contributed by atoms with van der Waals surface area (Å²) >= 11 is 0. The van der Waals surface area contributed by atoms with Gasteiger partial charge in [0.25, 0.3) is 10.1 Å². The Morgan fingerprint density at radius 3 is 1.87 bits per heavy atom. The van der Waals surface area contributed by atoms with E-state index in [1.165, 1.54) is 6.92 Å². The molecule has 0 spiro atoms. The van der Waals surface area contributed by atoms with E-state index >= 15 is 0 Å². The molecule has 4 aromatic carbocycles. The van der Waals surface area contributed by atoms with E-state index in [0.717, 1.165) is 38.4 Å². The maximum atomic E-state index is 11.4. The molecule has 0 bridgehead atoms. The van der Waals surface area contributed by atoms with Crippen molar-refractivity contribution in [1.82, 2.24) is 0 Å². The Labute approximate surface area is 182 Å². The fraction of sp³-hybridized carbons (Fsp3) is 0.200. The number of fused-ring (bicyclic) bond motifs is 2. The van der Waals surface area contributed by atoms with Crippen LogP contribution in [0.5, 0.6) is 11.5 Å². The summed E-state index contributed by atoms with van der Waals surface area (Å²) in [6.45, 7) is 1.28. The zero-order chi connectivity index (χ0) is 22.0. The van der Waals surface area contributed by atoms with Gasteiger partial charge in [-0.1, -0.05) is 60.7 Å². The SMILES string of the molecule is COc1ccc2ccccc2c1Cc1c(OCC(C)S(=O)(=O)O)ccc2ccccc12. The maximum absolute atomic E-state index is 11.4. The quantitative estimate of drug-likeness (QED) is 0.401. The third-order valence-corrected chi connectivity index (χ3v) is 6.70. The molecule has 4 aromatic rings. The van der Waals surface area contributed by atoms with Crippen LogP contribution in [-0.4, -0.2) is 31.9 Å². The third kappa shape index (κ3) is 4.36. The second-order valence-electron chi connectivity index (χ2n) is 7.54. The van der Waals surface area contributed by atoms with E-state index in [1.807, 2.05) is 60.7 Å². The van der Waals surface area contributed by atoms with Gasteiger partial charge in [-0.15, -0.1) is 0 Å². The normalized spacial score (nSPS) is 12.7. The molecule has 0 aromatic heterocycles. The van der Waals surface area contributed by atoms with E-state index in [0.29, 0.717) is 12.2 Å². The summed E-state index contributed by atoms with van der Waals surface area (Å²) < 4.78 is 43.7. The average Bonchev–Trinajstić information content (AvgIpc) is 2.77. The van der Waals surface area contributed by atoms with E-state index in [-0.39, 0.29) is 6.61 Å². The molecule has 0 saturated carbocycles. The predicted molar refractivity (Wildman–Crippen MR) is 124 cm³/mol. The molecule has 0 radical (unpaired) electrons. The molecule has 0 fully saturated rings. The van der Waals surface area contributed by atoms with Crippen molar-refractivity contribution in [3.05, 3.63) is 83.9 Å². The highest BCUT2D eigenvalue weighted by atomic mass is 32.2. The van der Waals surface area contributed by atoms with Gasteiger partial charge in [0.15, 0.2) is 0 Å². The lowest BCUT2D eigenvalue weighted by Crippen LogP contribution is -2.24. The molecule has 0 aliphatic rings. The van der Waals surface area contributed by atoms with Crippen LogP contribution >= 0.6 is 0 Å². The minimum absolute atomic E-state index is 0.142. The minimum Gasteiger partial charge on any atom is -0.496 e. The van der Waals surface area contributed by atoms with Crippen molar-refractivity contribution in [3.8, 4) is 11.5 Å². The van der Waals surface area contributed by atoms with Gasteiger partial charge in [-0.2, -0.15) is 8.42 Å². The Kier molecular flexibility index (Phi) is 5.85. The fourth-order valence-corrected chi connectivity index (χ4v) is 4.03. The highest BCUT2D eigenvalue weighted by Crippen LogP contribution is 2.36. The Morgan fingerprint density at radius 2 is 1.32 bits per heavy atom. The van der Waals surface area contributed by atoms with Gasteiger partial charge in [-0.05, 0) is 40.6 Å². The molecule has 1 unspecified atom stereocenters. The van der Waals surface area contributed by atoms with Crippen molar-refractivity contribution in [2.75, 3.05) is 13.7 Å². The molecule has 6 heteroatoms. The molecule has 31 heavy (non-hydrogen) atoms. The molecule has 4 rings (SSSR count). The average molecular weight is 437 g/mol. The van der Waals surface area contributed by atoms with Crippen LogP contribution in [0.15, 0.2) is 72.8 Å². The first-order valence-electron chi connectivity index (χ1n) is 10.0. The lowest BCUT2D eigenvalue weighted by atomic mass is 9.93. The van der Waals surface area contributed by atoms with E-state index in [4.69, 9.17) is 9.47 Å². The summed E-state index contributed by atoms with van der Waals surface area (Å²) in [6.07, 6.45) is 0.543. The summed E-state index contributed by atoms with van der Waals surface area (Å²) in [5.41, 5.74) is 1.97. The molecule has 0 saturated heterocycles. The van der Waals surface area contributed by atoms with Crippen molar-refractivity contribution >= 4 is 31.7 Å². The largest absolute Gasteiger partial charge is 0.496 e. The molecule has 0 amide bonds. The molecule has 1 atom stereocenters. The summed E-state index contributed by atoms with van der Waals surface area (Å²) in [7, 11) is -2.52. The van der Waals surface area contributed by atoms with Crippen molar-refractivity contribution in [2.45, 2.75) is 18.6 Å². The van der Waals surface area contributed by atoms with Crippen LogP contribution in [0, 0.1) is 0 Å². The molecule has 5 nitrogen and oxygen atoms in total. The topological polar surface area (TPSA) is 72.8 Å². The van der Waals surface area contributed by atoms with E-state index < -0.39 is 15.4 Å². The first-order chi connectivity index (χ1) is 14.9. The Hall–Kier alpha value is -3.09. The van der Waals surface area contributed by atoms with Gasteiger partial charge < -0.3 is 9.47 Å². The van der Waals surface area contributed by atoms with E-state index in [9.17, 15) is 13.0 Å². The molecule has 1 N–H and O–H groups in total. The van der Waals surface area contributed by atoms with Crippen LogP contribution in [-0.2, 0) is 16.5 Å². The molecule has 0 aliphatic heterocycles. The lowest BCUT2D eigenvalue weighted by Gasteiger charge is -2.18. The van der Waals surface area contributed by atoms with Crippen LogP contribution in [0.4, 0.5) is 0 Å². The number of hydrogen-bond acceptors (Lipinski definition) is 4. The molecular formula is C25H24O5S. The van der Waals surface area contributed by atoms with Gasteiger partial charge in [-0.3, -0.25) is 4.55 Å².